The van der Waals surface area contributed by atoms with Crippen LogP contribution in [-0.4, -0.2) is 44.6 Å². The second-order valence-electron chi connectivity index (χ2n) is 3.56. The average molecular weight is 251 g/mol. The molecule has 1 fully saturated rings. The molecule has 0 aliphatic carbocycles. The number of nitrogens with two attached hydrogens (primary N) is 1. The van der Waals surface area contributed by atoms with Gasteiger partial charge in [-0.05, 0) is 19.8 Å². The van der Waals surface area contributed by atoms with Gasteiger partial charge < -0.3 is 10.5 Å². The molecule has 0 bridgehead atoms. The number of piperidine rings is 1. The Balaban J connectivity index is 2.54. The van der Waals surface area contributed by atoms with E-state index in [0.29, 0.717) is 25.9 Å². The van der Waals surface area contributed by atoms with Crippen LogP contribution in [0.2, 0.25) is 0 Å². The van der Waals surface area contributed by atoms with Gasteiger partial charge in [0.05, 0.1) is 6.61 Å². The first kappa shape index (κ1) is 13.2. The summed E-state index contributed by atoms with van der Waals surface area (Å²) in [6.07, 6.45) is 0.255. The molecule has 0 saturated carbocycles. The van der Waals surface area contributed by atoms with Gasteiger partial charge >= 0.3 is 16.3 Å². The molecule has 16 heavy (non-hydrogen) atoms. The van der Waals surface area contributed by atoms with E-state index in [1.807, 2.05) is 4.72 Å². The minimum Gasteiger partial charge on any atom is -0.449 e. The number of hydrogen-bond acceptors (Lipinski definition) is 5. The summed E-state index contributed by atoms with van der Waals surface area (Å²) >= 11 is 0. The Bertz CT molecular complexity index is 335. The van der Waals surface area contributed by atoms with Crippen LogP contribution in [0.1, 0.15) is 19.8 Å². The van der Waals surface area contributed by atoms with E-state index < -0.39 is 16.3 Å². The third-order valence-corrected chi connectivity index (χ3v) is 3.80. The minimum atomic E-state index is -3.77. The largest absolute Gasteiger partial charge is 0.449 e. The van der Waals surface area contributed by atoms with Crippen molar-refractivity contribution in [3.63, 3.8) is 0 Å². The number of carbonyl (C=O) groups is 1. The summed E-state index contributed by atoms with van der Waals surface area (Å²) < 4.78 is 30.9. The zero-order chi connectivity index (χ0) is 12.2. The molecule has 0 aromatic carbocycles. The van der Waals surface area contributed by atoms with Gasteiger partial charge in [-0.3, -0.25) is 0 Å². The van der Waals surface area contributed by atoms with E-state index >= 15 is 0 Å². The van der Waals surface area contributed by atoms with E-state index in [2.05, 4.69) is 4.74 Å². The smallest absolute Gasteiger partial charge is 0.421 e. The van der Waals surface area contributed by atoms with E-state index in [1.165, 1.54) is 4.31 Å². The van der Waals surface area contributed by atoms with Crippen molar-refractivity contribution < 1.29 is 17.9 Å². The summed E-state index contributed by atoms with van der Waals surface area (Å²) in [7, 11) is -3.77. The van der Waals surface area contributed by atoms with Crippen LogP contribution in [0.3, 0.4) is 0 Å². The molecule has 0 spiro atoms. The molecular formula is C8H17N3O4S. The normalized spacial score (nSPS) is 19.4. The Labute approximate surface area is 95.1 Å². The fourth-order valence-electron chi connectivity index (χ4n) is 1.45. The molecule has 0 radical (unpaired) electrons. The van der Waals surface area contributed by atoms with Gasteiger partial charge in [0.15, 0.2) is 0 Å². The highest BCUT2D eigenvalue weighted by atomic mass is 32.2. The van der Waals surface area contributed by atoms with Crippen molar-refractivity contribution in [2.24, 2.45) is 5.73 Å². The molecule has 1 rings (SSSR count). The van der Waals surface area contributed by atoms with Gasteiger partial charge in [0.1, 0.15) is 0 Å². The van der Waals surface area contributed by atoms with E-state index in [-0.39, 0.29) is 12.6 Å². The van der Waals surface area contributed by atoms with Crippen LogP contribution in [0.25, 0.3) is 0 Å². The van der Waals surface area contributed by atoms with Gasteiger partial charge in [-0.15, -0.1) is 0 Å². The summed E-state index contributed by atoms with van der Waals surface area (Å²) in [4.78, 5) is 11.0. The predicted molar refractivity (Wildman–Crippen MR) is 57.9 cm³/mol. The van der Waals surface area contributed by atoms with Crippen molar-refractivity contribution in [1.82, 2.24) is 9.03 Å². The van der Waals surface area contributed by atoms with Crippen LogP contribution in [0, 0.1) is 0 Å². The minimum absolute atomic E-state index is 0.0362. The number of hydrogen-bond donors (Lipinski definition) is 2. The highest BCUT2D eigenvalue weighted by molar-refractivity contribution is 7.87. The first-order chi connectivity index (χ1) is 7.45. The second kappa shape index (κ2) is 5.46. The number of amides is 1. The van der Waals surface area contributed by atoms with E-state index in [1.54, 1.807) is 6.92 Å². The van der Waals surface area contributed by atoms with Crippen LogP contribution in [0.4, 0.5) is 4.79 Å². The summed E-state index contributed by atoms with van der Waals surface area (Å²) in [5.74, 6) is 0. The fraction of sp³-hybridized carbons (Fsp3) is 0.875. The maximum atomic E-state index is 11.7. The molecule has 0 aromatic rings. The Hall–Kier alpha value is -0.860. The first-order valence-electron chi connectivity index (χ1n) is 5.16. The van der Waals surface area contributed by atoms with E-state index in [9.17, 15) is 13.2 Å². The second-order valence-corrected chi connectivity index (χ2v) is 5.23. The average Bonchev–Trinajstić information content (AvgIpc) is 2.17. The standard InChI is InChI=1S/C8H17N3O4S/c1-2-15-8(12)10-16(13,14)11-5-3-7(9)4-6-11/h7H,2-6,9H2,1H3,(H,10,12). The van der Waals surface area contributed by atoms with Crippen molar-refractivity contribution >= 4 is 16.3 Å². The van der Waals surface area contributed by atoms with Gasteiger partial charge in [-0.1, -0.05) is 0 Å². The Morgan fingerprint density at radius 3 is 2.56 bits per heavy atom. The van der Waals surface area contributed by atoms with Crippen LogP contribution < -0.4 is 10.5 Å². The molecule has 3 N–H and O–H groups in total. The van der Waals surface area contributed by atoms with Crippen LogP contribution >= 0.6 is 0 Å². The molecule has 94 valence electrons. The zero-order valence-corrected chi connectivity index (χ0v) is 10.00. The van der Waals surface area contributed by atoms with Crippen molar-refractivity contribution in [2.45, 2.75) is 25.8 Å². The van der Waals surface area contributed by atoms with E-state index in [0.717, 1.165) is 0 Å². The fourth-order valence-corrected chi connectivity index (χ4v) is 2.54. The molecule has 7 nitrogen and oxygen atoms in total. The van der Waals surface area contributed by atoms with Crippen molar-refractivity contribution in [3.05, 3.63) is 0 Å². The summed E-state index contributed by atoms with van der Waals surface area (Å²) in [5, 5.41) is 0. The highest BCUT2D eigenvalue weighted by Crippen LogP contribution is 2.11. The van der Waals surface area contributed by atoms with Gasteiger partial charge in [0.25, 0.3) is 0 Å². The molecule has 1 aliphatic heterocycles. The molecule has 8 heteroatoms. The van der Waals surface area contributed by atoms with Gasteiger partial charge in [-0.2, -0.15) is 12.7 Å². The van der Waals surface area contributed by atoms with Crippen LogP contribution in [-0.2, 0) is 14.9 Å². The molecule has 1 aliphatic rings. The number of carbonyl (C=O) groups excluding carboxylic acids is 1. The SMILES string of the molecule is CCOC(=O)NS(=O)(=O)N1CCC(N)CC1. The molecule has 0 aromatic heterocycles. The third-order valence-electron chi connectivity index (χ3n) is 2.33. The molecule has 1 heterocycles. The lowest BCUT2D eigenvalue weighted by atomic mass is 10.1. The number of ether oxygens (including phenoxy) is 1. The van der Waals surface area contributed by atoms with E-state index in [4.69, 9.17) is 5.73 Å². The highest BCUT2D eigenvalue weighted by Gasteiger charge is 2.28. The maximum absolute atomic E-state index is 11.7. The summed E-state index contributed by atoms with van der Waals surface area (Å²) in [6, 6.07) is 0.0362. The van der Waals surface area contributed by atoms with Gasteiger partial charge in [-0.25, -0.2) is 9.52 Å². The topological polar surface area (TPSA) is 102 Å². The Morgan fingerprint density at radius 2 is 2.06 bits per heavy atom. The maximum Gasteiger partial charge on any atom is 0.421 e. The molecule has 0 atom stereocenters. The number of rotatable bonds is 3. The monoisotopic (exact) mass is 251 g/mol. The number of nitrogens with zero attached hydrogens (tertiary/aromatic N) is 1. The Morgan fingerprint density at radius 1 is 1.50 bits per heavy atom. The Kier molecular flexibility index (Phi) is 4.51. The lowest BCUT2D eigenvalue weighted by molar-refractivity contribution is 0.157. The molecule has 1 saturated heterocycles. The van der Waals surface area contributed by atoms with Gasteiger partial charge in [0.2, 0.25) is 0 Å². The summed E-state index contributed by atoms with van der Waals surface area (Å²) in [5.41, 5.74) is 5.66. The molecular weight excluding hydrogens is 234 g/mol. The molecule has 1 amide bonds. The van der Waals surface area contributed by atoms with Gasteiger partial charge in [0, 0.05) is 19.1 Å². The molecule has 0 unspecified atom stereocenters. The predicted octanol–water partition coefficient (Wildman–Crippen LogP) is -0.600. The summed E-state index contributed by atoms with van der Waals surface area (Å²) in [6.45, 7) is 2.39. The lowest BCUT2D eigenvalue weighted by Gasteiger charge is -2.28. The van der Waals surface area contributed by atoms with Crippen LogP contribution in [0.5, 0.6) is 0 Å². The van der Waals surface area contributed by atoms with Crippen molar-refractivity contribution in [1.29, 1.82) is 0 Å². The zero-order valence-electron chi connectivity index (χ0n) is 9.18. The van der Waals surface area contributed by atoms with Crippen LogP contribution in [0.15, 0.2) is 0 Å². The van der Waals surface area contributed by atoms with Crippen molar-refractivity contribution in [2.75, 3.05) is 19.7 Å². The quantitative estimate of drug-likeness (QED) is 0.697. The first-order valence-corrected chi connectivity index (χ1v) is 6.60. The lowest BCUT2D eigenvalue weighted by Crippen LogP contribution is -2.49. The third kappa shape index (κ3) is 3.62. The number of nitrogens with one attached hydrogen (secondary N) is 1. The van der Waals surface area contributed by atoms with Crippen molar-refractivity contribution in [3.8, 4) is 0 Å².